The van der Waals surface area contributed by atoms with Crippen molar-refractivity contribution in [2.75, 3.05) is 13.6 Å². The van der Waals surface area contributed by atoms with Gasteiger partial charge in [-0.05, 0) is 49.6 Å². The number of benzene rings is 2. The van der Waals surface area contributed by atoms with Gasteiger partial charge >= 0.3 is 0 Å². The van der Waals surface area contributed by atoms with Crippen LogP contribution in [0.4, 0.5) is 0 Å². The highest BCUT2D eigenvalue weighted by molar-refractivity contribution is 5.34. The van der Waals surface area contributed by atoms with Crippen LogP contribution in [0.15, 0.2) is 48.5 Å². The van der Waals surface area contributed by atoms with Crippen molar-refractivity contribution in [1.82, 2.24) is 4.90 Å². The maximum absolute atomic E-state index is 6.03. The zero-order valence-corrected chi connectivity index (χ0v) is 13.3. The van der Waals surface area contributed by atoms with Crippen molar-refractivity contribution >= 4 is 0 Å². The van der Waals surface area contributed by atoms with Crippen LogP contribution in [-0.2, 0) is 13.0 Å². The maximum Gasteiger partial charge on any atom is 0.0259 e. The van der Waals surface area contributed by atoms with Crippen molar-refractivity contribution in [3.63, 3.8) is 0 Å². The van der Waals surface area contributed by atoms with Gasteiger partial charge in [0.2, 0.25) is 0 Å². The third-order valence-electron chi connectivity index (χ3n) is 4.25. The Morgan fingerprint density at radius 1 is 0.952 bits per heavy atom. The third-order valence-corrected chi connectivity index (χ3v) is 4.25. The molecule has 1 atom stereocenters. The predicted octanol–water partition coefficient (Wildman–Crippen LogP) is 3.31. The van der Waals surface area contributed by atoms with E-state index in [2.05, 4.69) is 74.3 Å². The van der Waals surface area contributed by atoms with Crippen LogP contribution in [0.25, 0.3) is 0 Å². The van der Waals surface area contributed by atoms with Crippen molar-refractivity contribution < 1.29 is 0 Å². The Hall–Kier alpha value is -1.64. The van der Waals surface area contributed by atoms with Crippen LogP contribution in [0, 0.1) is 13.8 Å². The summed E-state index contributed by atoms with van der Waals surface area (Å²) in [6, 6.07) is 17.4. The zero-order chi connectivity index (χ0) is 15.2. The predicted molar refractivity (Wildman–Crippen MR) is 90.4 cm³/mol. The molecule has 21 heavy (non-hydrogen) atoms. The van der Waals surface area contributed by atoms with Gasteiger partial charge in [0.1, 0.15) is 0 Å². The van der Waals surface area contributed by atoms with Gasteiger partial charge in [0, 0.05) is 19.1 Å². The number of nitrogens with two attached hydrogens (primary N) is 1. The minimum atomic E-state index is 0.366. The molecule has 0 saturated carbocycles. The van der Waals surface area contributed by atoms with Crippen molar-refractivity contribution in [2.24, 2.45) is 5.73 Å². The van der Waals surface area contributed by atoms with Gasteiger partial charge in [-0.25, -0.2) is 0 Å². The molecule has 2 N–H and O–H groups in total. The molecule has 0 spiro atoms. The van der Waals surface area contributed by atoms with E-state index in [0.717, 1.165) is 13.0 Å². The van der Waals surface area contributed by atoms with Crippen LogP contribution in [-0.4, -0.2) is 24.5 Å². The quantitative estimate of drug-likeness (QED) is 0.881. The Morgan fingerprint density at radius 3 is 2.14 bits per heavy atom. The van der Waals surface area contributed by atoms with E-state index in [0.29, 0.717) is 12.6 Å². The van der Waals surface area contributed by atoms with E-state index in [9.17, 15) is 0 Å². The first kappa shape index (κ1) is 15.7. The molecule has 2 aromatic carbocycles. The fraction of sp³-hybridized carbons (Fsp3) is 0.368. The summed E-state index contributed by atoms with van der Waals surface area (Å²) >= 11 is 0. The Bertz CT molecular complexity index is 543. The fourth-order valence-electron chi connectivity index (χ4n) is 2.83. The molecule has 2 heteroatoms. The summed E-state index contributed by atoms with van der Waals surface area (Å²) in [7, 11) is 2.16. The van der Waals surface area contributed by atoms with Crippen molar-refractivity contribution in [2.45, 2.75) is 32.9 Å². The first-order valence-corrected chi connectivity index (χ1v) is 7.61. The molecule has 0 amide bonds. The van der Waals surface area contributed by atoms with Crippen LogP contribution in [0.5, 0.6) is 0 Å². The van der Waals surface area contributed by atoms with Crippen LogP contribution >= 0.6 is 0 Å². The Balaban J connectivity index is 2.09. The van der Waals surface area contributed by atoms with Gasteiger partial charge in [0.05, 0.1) is 0 Å². The van der Waals surface area contributed by atoms with E-state index in [1.54, 1.807) is 0 Å². The summed E-state index contributed by atoms with van der Waals surface area (Å²) in [5.41, 5.74) is 11.5. The Morgan fingerprint density at radius 2 is 1.57 bits per heavy atom. The summed E-state index contributed by atoms with van der Waals surface area (Å²) in [6.07, 6.45) is 1.01. The van der Waals surface area contributed by atoms with Gasteiger partial charge < -0.3 is 5.73 Å². The molecule has 2 rings (SSSR count). The molecule has 2 nitrogen and oxygen atoms in total. The number of aryl methyl sites for hydroxylation is 2. The average molecular weight is 282 g/mol. The van der Waals surface area contributed by atoms with Crippen LogP contribution in [0.1, 0.15) is 22.3 Å². The number of rotatable bonds is 6. The van der Waals surface area contributed by atoms with E-state index in [-0.39, 0.29) is 0 Å². The van der Waals surface area contributed by atoms with Crippen molar-refractivity contribution in [1.29, 1.82) is 0 Å². The lowest BCUT2D eigenvalue weighted by Gasteiger charge is -2.28. The molecule has 1 unspecified atom stereocenters. The molecule has 0 aromatic heterocycles. The molecule has 0 bridgehead atoms. The van der Waals surface area contributed by atoms with E-state index >= 15 is 0 Å². The van der Waals surface area contributed by atoms with E-state index in [4.69, 9.17) is 5.73 Å². The highest BCUT2D eigenvalue weighted by atomic mass is 15.1. The van der Waals surface area contributed by atoms with Crippen molar-refractivity contribution in [3.8, 4) is 0 Å². The molecule has 0 aliphatic rings. The molecule has 2 aromatic rings. The highest BCUT2D eigenvalue weighted by Crippen LogP contribution is 2.18. The monoisotopic (exact) mass is 282 g/mol. The lowest BCUT2D eigenvalue weighted by molar-refractivity contribution is 0.236. The molecule has 112 valence electrons. The van der Waals surface area contributed by atoms with Crippen molar-refractivity contribution in [3.05, 3.63) is 70.8 Å². The smallest absolute Gasteiger partial charge is 0.0259 e. The summed E-state index contributed by atoms with van der Waals surface area (Å²) in [5.74, 6) is 0. The van der Waals surface area contributed by atoms with E-state index in [1.165, 1.54) is 22.3 Å². The normalized spacial score (nSPS) is 12.6. The number of likely N-dealkylation sites (N-methyl/N-ethyl adjacent to an activating group) is 1. The third kappa shape index (κ3) is 4.16. The second-order valence-electron chi connectivity index (χ2n) is 5.86. The summed E-state index contributed by atoms with van der Waals surface area (Å²) in [6.45, 7) is 5.99. The zero-order valence-electron chi connectivity index (χ0n) is 13.3. The highest BCUT2D eigenvalue weighted by Gasteiger charge is 2.16. The van der Waals surface area contributed by atoms with E-state index in [1.807, 2.05) is 0 Å². The van der Waals surface area contributed by atoms with Gasteiger partial charge in [-0.3, -0.25) is 4.90 Å². The molecule has 0 saturated heterocycles. The molecule has 0 heterocycles. The summed E-state index contributed by atoms with van der Waals surface area (Å²) in [4.78, 5) is 2.36. The molecular formula is C19H26N2. The van der Waals surface area contributed by atoms with Gasteiger partial charge in [-0.15, -0.1) is 0 Å². The van der Waals surface area contributed by atoms with E-state index < -0.39 is 0 Å². The first-order chi connectivity index (χ1) is 10.1. The Labute approximate surface area is 128 Å². The second kappa shape index (κ2) is 7.39. The van der Waals surface area contributed by atoms with Gasteiger partial charge in [0.15, 0.2) is 0 Å². The van der Waals surface area contributed by atoms with Gasteiger partial charge in [0.25, 0.3) is 0 Å². The minimum absolute atomic E-state index is 0.366. The molecule has 0 fully saturated rings. The summed E-state index contributed by atoms with van der Waals surface area (Å²) < 4.78 is 0. The SMILES string of the molecule is Cc1cccc(C)c1CC(CN)N(C)Cc1ccccc1. The van der Waals surface area contributed by atoms with Crippen LogP contribution in [0.2, 0.25) is 0 Å². The topological polar surface area (TPSA) is 29.3 Å². The lowest BCUT2D eigenvalue weighted by Crippen LogP contribution is -2.39. The number of hydrogen-bond acceptors (Lipinski definition) is 2. The lowest BCUT2D eigenvalue weighted by atomic mass is 9.95. The summed E-state index contributed by atoms with van der Waals surface area (Å²) in [5, 5.41) is 0. The van der Waals surface area contributed by atoms with Crippen LogP contribution < -0.4 is 5.73 Å². The number of hydrogen-bond donors (Lipinski definition) is 1. The number of nitrogens with zero attached hydrogens (tertiary/aromatic N) is 1. The molecule has 0 aliphatic carbocycles. The maximum atomic E-state index is 6.03. The van der Waals surface area contributed by atoms with Gasteiger partial charge in [-0.2, -0.15) is 0 Å². The first-order valence-electron chi connectivity index (χ1n) is 7.61. The second-order valence-corrected chi connectivity index (χ2v) is 5.86. The molecule has 0 radical (unpaired) electrons. The average Bonchev–Trinajstić information content (AvgIpc) is 2.48. The minimum Gasteiger partial charge on any atom is -0.329 e. The fourth-order valence-corrected chi connectivity index (χ4v) is 2.83. The Kier molecular flexibility index (Phi) is 5.54. The largest absolute Gasteiger partial charge is 0.329 e. The van der Waals surface area contributed by atoms with Crippen LogP contribution in [0.3, 0.4) is 0 Å². The standard InChI is InChI=1S/C19H26N2/c1-15-8-7-9-16(2)19(15)12-18(13-20)21(3)14-17-10-5-4-6-11-17/h4-11,18H,12-14,20H2,1-3H3. The van der Waals surface area contributed by atoms with Gasteiger partial charge in [-0.1, -0.05) is 48.5 Å². The molecular weight excluding hydrogens is 256 g/mol. The molecule has 0 aliphatic heterocycles.